The fraction of sp³-hybridized carbons (Fsp3) is 0.692. The molecule has 0 aromatic carbocycles. The summed E-state index contributed by atoms with van der Waals surface area (Å²) in [6.07, 6.45) is 0. The van der Waals surface area contributed by atoms with Gasteiger partial charge >= 0.3 is 0 Å². The fourth-order valence-electron chi connectivity index (χ4n) is 1.40. The van der Waals surface area contributed by atoms with Crippen molar-refractivity contribution in [3.63, 3.8) is 0 Å². The van der Waals surface area contributed by atoms with Crippen molar-refractivity contribution in [2.45, 2.75) is 46.1 Å². The average molecular weight is 256 g/mol. The van der Waals surface area contributed by atoms with Crippen LogP contribution in [0.4, 0.5) is 5.82 Å². The summed E-state index contributed by atoms with van der Waals surface area (Å²) in [5.41, 5.74) is 0.882. The Kier molecular flexibility index (Phi) is 4.36. The number of aryl methyl sites for hydroxylation is 1. The molecular weight excluding hydrogens is 234 g/mol. The highest BCUT2D eigenvalue weighted by molar-refractivity contribution is 6.18. The molecule has 1 rings (SSSR count). The molecule has 0 bridgehead atoms. The third-order valence-corrected chi connectivity index (χ3v) is 3.61. The van der Waals surface area contributed by atoms with Crippen molar-refractivity contribution >= 4 is 17.4 Å². The van der Waals surface area contributed by atoms with Gasteiger partial charge in [0.05, 0.1) is 0 Å². The molecule has 0 aliphatic rings. The molecule has 96 valence electrons. The molecule has 0 unspecified atom stereocenters. The summed E-state index contributed by atoms with van der Waals surface area (Å²) in [6.45, 7) is 10.4. The summed E-state index contributed by atoms with van der Waals surface area (Å²) < 4.78 is 0. The molecule has 0 N–H and O–H groups in total. The van der Waals surface area contributed by atoms with Crippen molar-refractivity contribution < 1.29 is 0 Å². The number of halogens is 1. The summed E-state index contributed by atoms with van der Waals surface area (Å²) in [6, 6.07) is 2.00. The predicted octanol–water partition coefficient (Wildman–Crippen LogP) is 3.36. The summed E-state index contributed by atoms with van der Waals surface area (Å²) in [5.74, 6) is 2.72. The average Bonchev–Trinajstić information content (AvgIpc) is 2.27. The van der Waals surface area contributed by atoms with E-state index < -0.39 is 0 Å². The molecule has 0 atom stereocenters. The van der Waals surface area contributed by atoms with Gasteiger partial charge in [0.1, 0.15) is 11.6 Å². The van der Waals surface area contributed by atoms with Crippen molar-refractivity contribution in [1.82, 2.24) is 9.97 Å². The van der Waals surface area contributed by atoms with Gasteiger partial charge in [-0.3, -0.25) is 0 Å². The molecule has 1 heterocycles. The molecule has 0 spiro atoms. The Morgan fingerprint density at radius 2 is 1.94 bits per heavy atom. The highest BCUT2D eigenvalue weighted by Crippen LogP contribution is 2.23. The fourth-order valence-corrected chi connectivity index (χ4v) is 1.58. The lowest BCUT2D eigenvalue weighted by Crippen LogP contribution is -2.43. The number of hydrogen-bond donors (Lipinski definition) is 0. The quantitative estimate of drug-likeness (QED) is 0.773. The zero-order valence-corrected chi connectivity index (χ0v) is 12.3. The normalized spacial score (nSPS) is 12.0. The number of aromatic nitrogens is 2. The van der Waals surface area contributed by atoms with Gasteiger partial charge in [0.15, 0.2) is 0 Å². The summed E-state index contributed by atoms with van der Waals surface area (Å²) in [7, 11) is 2.02. The summed E-state index contributed by atoms with van der Waals surface area (Å²) in [5, 5.41) is 0. The maximum Gasteiger partial charge on any atom is 0.133 e. The number of alkyl halides is 1. The van der Waals surface area contributed by atoms with E-state index in [2.05, 4.69) is 42.6 Å². The second-order valence-electron chi connectivity index (χ2n) is 5.39. The summed E-state index contributed by atoms with van der Waals surface area (Å²) in [4.78, 5) is 11.2. The highest BCUT2D eigenvalue weighted by atomic mass is 35.5. The number of anilines is 1. The third kappa shape index (κ3) is 3.32. The number of nitrogens with zero attached hydrogens (tertiary/aromatic N) is 3. The minimum atomic E-state index is -0.114. The van der Waals surface area contributed by atoms with Crippen molar-refractivity contribution in [3.8, 4) is 0 Å². The van der Waals surface area contributed by atoms with Gasteiger partial charge in [0.25, 0.3) is 0 Å². The Bertz CT molecular complexity index is 388. The van der Waals surface area contributed by atoms with Gasteiger partial charge in [0, 0.05) is 36.1 Å². The molecule has 0 aliphatic carbocycles. The van der Waals surface area contributed by atoms with Gasteiger partial charge in [-0.15, -0.1) is 11.6 Å². The first kappa shape index (κ1) is 14.2. The molecule has 1 aromatic heterocycles. The van der Waals surface area contributed by atoms with Gasteiger partial charge < -0.3 is 4.90 Å². The van der Waals surface area contributed by atoms with E-state index in [1.807, 2.05) is 20.0 Å². The monoisotopic (exact) mass is 255 g/mol. The van der Waals surface area contributed by atoms with Crippen LogP contribution < -0.4 is 4.90 Å². The second-order valence-corrected chi connectivity index (χ2v) is 5.65. The Hall–Kier alpha value is -0.830. The first-order valence-corrected chi connectivity index (χ1v) is 6.46. The van der Waals surface area contributed by atoms with E-state index in [9.17, 15) is 0 Å². The summed E-state index contributed by atoms with van der Waals surface area (Å²) >= 11 is 6.00. The molecule has 0 radical (unpaired) electrons. The lowest BCUT2D eigenvalue weighted by atomic mass is 10.1. The SMILES string of the molecule is Cc1cc(N(C)C(C)(C)CCl)nc(C(C)C)n1. The van der Waals surface area contributed by atoms with Crippen molar-refractivity contribution in [1.29, 1.82) is 0 Å². The zero-order valence-electron chi connectivity index (χ0n) is 11.6. The van der Waals surface area contributed by atoms with Crippen LogP contribution >= 0.6 is 11.6 Å². The molecule has 4 heteroatoms. The maximum atomic E-state index is 6.00. The molecule has 1 aromatic rings. The molecule has 3 nitrogen and oxygen atoms in total. The van der Waals surface area contributed by atoms with Crippen LogP contribution in [0.3, 0.4) is 0 Å². The van der Waals surface area contributed by atoms with E-state index >= 15 is 0 Å². The zero-order chi connectivity index (χ0) is 13.2. The van der Waals surface area contributed by atoms with E-state index in [-0.39, 0.29) is 5.54 Å². The molecular formula is C13H22ClN3. The largest absolute Gasteiger partial charge is 0.353 e. The first-order chi connectivity index (χ1) is 7.77. The molecule has 17 heavy (non-hydrogen) atoms. The lowest BCUT2D eigenvalue weighted by Gasteiger charge is -2.35. The van der Waals surface area contributed by atoms with Crippen LogP contribution in [0.25, 0.3) is 0 Å². The first-order valence-electron chi connectivity index (χ1n) is 5.93. The van der Waals surface area contributed by atoms with Crippen LogP contribution in [-0.2, 0) is 0 Å². The Balaban J connectivity index is 3.14. The molecule has 0 aliphatic heterocycles. The Labute approximate surface area is 109 Å². The highest BCUT2D eigenvalue weighted by Gasteiger charge is 2.24. The predicted molar refractivity (Wildman–Crippen MR) is 74.1 cm³/mol. The maximum absolute atomic E-state index is 6.00. The van der Waals surface area contributed by atoms with E-state index in [4.69, 9.17) is 11.6 Å². The van der Waals surface area contributed by atoms with Crippen molar-refractivity contribution in [2.24, 2.45) is 0 Å². The van der Waals surface area contributed by atoms with Crippen LogP contribution in [0, 0.1) is 6.92 Å². The molecule has 0 saturated carbocycles. The number of rotatable bonds is 4. The van der Waals surface area contributed by atoms with E-state index in [1.54, 1.807) is 0 Å². The Morgan fingerprint density at radius 3 is 2.41 bits per heavy atom. The lowest BCUT2D eigenvalue weighted by molar-refractivity contribution is 0.537. The van der Waals surface area contributed by atoms with Gasteiger partial charge in [-0.1, -0.05) is 13.8 Å². The van der Waals surface area contributed by atoms with Crippen molar-refractivity contribution in [2.75, 3.05) is 17.8 Å². The number of hydrogen-bond acceptors (Lipinski definition) is 3. The van der Waals surface area contributed by atoms with Crippen LogP contribution in [0.2, 0.25) is 0 Å². The van der Waals surface area contributed by atoms with Crippen LogP contribution in [0.15, 0.2) is 6.07 Å². The topological polar surface area (TPSA) is 29.0 Å². The van der Waals surface area contributed by atoms with E-state index in [1.165, 1.54) is 0 Å². The molecule has 0 fully saturated rings. The van der Waals surface area contributed by atoms with E-state index in [0.717, 1.165) is 17.3 Å². The van der Waals surface area contributed by atoms with Gasteiger partial charge in [-0.05, 0) is 20.8 Å². The minimum Gasteiger partial charge on any atom is -0.353 e. The van der Waals surface area contributed by atoms with Crippen LogP contribution in [0.5, 0.6) is 0 Å². The van der Waals surface area contributed by atoms with E-state index in [0.29, 0.717) is 11.8 Å². The van der Waals surface area contributed by atoms with Crippen molar-refractivity contribution in [3.05, 3.63) is 17.6 Å². The molecule has 0 amide bonds. The molecule has 0 saturated heterocycles. The van der Waals surface area contributed by atoms with Gasteiger partial charge in [-0.2, -0.15) is 0 Å². The van der Waals surface area contributed by atoms with Gasteiger partial charge in [0.2, 0.25) is 0 Å². The smallest absolute Gasteiger partial charge is 0.133 e. The van der Waals surface area contributed by atoms with Crippen LogP contribution in [-0.4, -0.2) is 28.4 Å². The minimum absolute atomic E-state index is 0.114. The van der Waals surface area contributed by atoms with Gasteiger partial charge in [-0.25, -0.2) is 9.97 Å². The van der Waals surface area contributed by atoms with Crippen LogP contribution in [0.1, 0.15) is 45.1 Å². The standard InChI is InChI=1S/C13H22ClN3/c1-9(2)12-15-10(3)7-11(16-12)17(6)13(4,5)8-14/h7,9H,8H2,1-6H3. The second kappa shape index (κ2) is 5.21. The third-order valence-electron chi connectivity index (χ3n) is 2.95. The Morgan fingerprint density at radius 1 is 1.35 bits per heavy atom.